The van der Waals surface area contributed by atoms with Crippen LogP contribution < -0.4 is 10.6 Å². The molecule has 0 atom stereocenters. The van der Waals surface area contributed by atoms with Crippen molar-refractivity contribution in [1.82, 2.24) is 20.2 Å². The van der Waals surface area contributed by atoms with Gasteiger partial charge in [-0.25, -0.2) is 14.4 Å². The fourth-order valence-electron chi connectivity index (χ4n) is 3.30. The van der Waals surface area contributed by atoms with Gasteiger partial charge in [-0.05, 0) is 60.7 Å². The van der Waals surface area contributed by atoms with Gasteiger partial charge in [-0.3, -0.25) is 0 Å². The number of hydrogen-bond donors (Lipinski definition) is 2. The van der Waals surface area contributed by atoms with Gasteiger partial charge >= 0.3 is 0 Å². The maximum atomic E-state index is 13.1. The molecule has 0 saturated heterocycles. The zero-order valence-electron chi connectivity index (χ0n) is 17.5. The second-order valence-corrected chi connectivity index (χ2v) is 7.29. The molecule has 0 spiro atoms. The summed E-state index contributed by atoms with van der Waals surface area (Å²) in [6.45, 7) is 0. The van der Waals surface area contributed by atoms with E-state index in [0.717, 1.165) is 28.2 Å². The lowest BCUT2D eigenvalue weighted by molar-refractivity contribution is 0.628. The molecule has 7 heteroatoms. The quantitative estimate of drug-likeness (QED) is 0.330. The topological polar surface area (TPSA) is 75.6 Å². The van der Waals surface area contributed by atoms with Crippen molar-refractivity contribution in [1.29, 1.82) is 0 Å². The molecule has 160 valence electrons. The highest BCUT2D eigenvalue weighted by Gasteiger charge is 2.04. The van der Waals surface area contributed by atoms with Crippen molar-refractivity contribution >= 4 is 23.0 Å². The van der Waals surface area contributed by atoms with Gasteiger partial charge in [0.05, 0.1) is 11.4 Å². The Bertz CT molecular complexity index is 1340. The second-order valence-electron chi connectivity index (χ2n) is 7.29. The summed E-state index contributed by atoms with van der Waals surface area (Å²) in [5.41, 5.74) is 5.15. The third kappa shape index (κ3) is 4.99. The van der Waals surface area contributed by atoms with Crippen molar-refractivity contribution in [2.45, 2.75) is 0 Å². The van der Waals surface area contributed by atoms with Crippen LogP contribution in [0, 0.1) is 5.82 Å². The number of halogens is 1. The molecule has 0 aliphatic rings. The minimum absolute atomic E-state index is 0.278. The largest absolute Gasteiger partial charge is 0.340 e. The number of rotatable bonds is 6. The molecule has 0 saturated carbocycles. The van der Waals surface area contributed by atoms with Gasteiger partial charge in [0.25, 0.3) is 0 Å². The first kappa shape index (κ1) is 20.3. The Hall–Kier alpha value is -4.65. The lowest BCUT2D eigenvalue weighted by Gasteiger charge is -2.09. The molecule has 0 aliphatic heterocycles. The van der Waals surface area contributed by atoms with E-state index >= 15 is 0 Å². The molecular formula is C26H19FN6. The van der Waals surface area contributed by atoms with Gasteiger partial charge in [0.15, 0.2) is 5.82 Å². The van der Waals surface area contributed by atoms with E-state index < -0.39 is 0 Å². The van der Waals surface area contributed by atoms with Gasteiger partial charge in [-0.15, -0.1) is 10.2 Å². The number of nitrogens with one attached hydrogen (secondary N) is 2. The third-order valence-electron chi connectivity index (χ3n) is 4.97. The molecule has 33 heavy (non-hydrogen) atoms. The summed E-state index contributed by atoms with van der Waals surface area (Å²) in [7, 11) is 0. The van der Waals surface area contributed by atoms with E-state index in [1.165, 1.54) is 12.1 Å². The van der Waals surface area contributed by atoms with E-state index in [1.54, 1.807) is 18.5 Å². The van der Waals surface area contributed by atoms with Gasteiger partial charge in [-0.1, -0.05) is 30.3 Å². The Balaban J connectivity index is 1.24. The molecule has 0 unspecified atom stereocenters. The summed E-state index contributed by atoms with van der Waals surface area (Å²) in [6.07, 6.45) is 1.55. The van der Waals surface area contributed by atoms with Crippen LogP contribution in [0.2, 0.25) is 0 Å². The second kappa shape index (κ2) is 9.23. The van der Waals surface area contributed by atoms with Crippen LogP contribution in [0.5, 0.6) is 0 Å². The summed E-state index contributed by atoms with van der Waals surface area (Å²) < 4.78 is 13.1. The van der Waals surface area contributed by atoms with E-state index in [4.69, 9.17) is 0 Å². The van der Waals surface area contributed by atoms with Crippen molar-refractivity contribution in [3.63, 3.8) is 0 Å². The molecule has 0 bridgehead atoms. The maximum Gasteiger partial charge on any atom is 0.153 e. The van der Waals surface area contributed by atoms with E-state index in [-0.39, 0.29) is 5.82 Å². The van der Waals surface area contributed by atoms with Crippen LogP contribution >= 0.6 is 0 Å². The molecule has 0 amide bonds. The Labute approximate surface area is 190 Å². The van der Waals surface area contributed by atoms with Gasteiger partial charge < -0.3 is 10.6 Å². The lowest BCUT2D eigenvalue weighted by Crippen LogP contribution is -1.98. The number of aromatic nitrogens is 4. The average Bonchev–Trinajstić information content (AvgIpc) is 2.87. The number of nitrogens with zero attached hydrogens (tertiary/aromatic N) is 4. The van der Waals surface area contributed by atoms with Gasteiger partial charge in [0, 0.05) is 28.6 Å². The normalized spacial score (nSPS) is 10.6. The van der Waals surface area contributed by atoms with Crippen molar-refractivity contribution < 1.29 is 4.39 Å². The Morgan fingerprint density at radius 3 is 1.88 bits per heavy atom. The molecule has 2 N–H and O–H groups in total. The first-order valence-corrected chi connectivity index (χ1v) is 10.3. The van der Waals surface area contributed by atoms with E-state index in [0.29, 0.717) is 17.3 Å². The smallest absolute Gasteiger partial charge is 0.153 e. The molecule has 5 aromatic rings. The summed E-state index contributed by atoms with van der Waals surface area (Å²) in [5, 5.41) is 15.0. The van der Waals surface area contributed by atoms with Crippen LogP contribution in [-0.4, -0.2) is 20.2 Å². The first-order chi connectivity index (χ1) is 16.2. The van der Waals surface area contributed by atoms with Gasteiger partial charge in [0.2, 0.25) is 0 Å². The lowest BCUT2D eigenvalue weighted by atomic mass is 10.1. The average molecular weight is 434 g/mol. The Kier molecular flexibility index (Phi) is 5.67. The van der Waals surface area contributed by atoms with Crippen LogP contribution in [-0.2, 0) is 0 Å². The van der Waals surface area contributed by atoms with Gasteiger partial charge in [0.1, 0.15) is 18.0 Å². The molecule has 5 rings (SSSR count). The maximum absolute atomic E-state index is 13.1. The zero-order chi connectivity index (χ0) is 22.5. The molecule has 0 radical (unpaired) electrons. The summed E-state index contributed by atoms with van der Waals surface area (Å²) in [4.78, 5) is 8.66. The SMILES string of the molecule is Fc1ccc(-c2ccc(Nc3ccc(Nc4cc(-c5ccccc5)ncn4)cc3)nn2)cc1. The Morgan fingerprint density at radius 1 is 0.545 bits per heavy atom. The van der Waals surface area contributed by atoms with Crippen LogP contribution in [0.15, 0.2) is 103 Å². The monoisotopic (exact) mass is 434 g/mol. The van der Waals surface area contributed by atoms with E-state index in [1.807, 2.05) is 72.8 Å². The molecular weight excluding hydrogens is 415 g/mol. The van der Waals surface area contributed by atoms with Crippen LogP contribution in [0.3, 0.4) is 0 Å². The van der Waals surface area contributed by atoms with Crippen LogP contribution in [0.1, 0.15) is 0 Å². The fraction of sp³-hybridized carbons (Fsp3) is 0. The minimum Gasteiger partial charge on any atom is -0.340 e. The third-order valence-corrected chi connectivity index (χ3v) is 4.97. The predicted octanol–water partition coefficient (Wildman–Crippen LogP) is 6.23. The van der Waals surface area contributed by atoms with Crippen molar-refractivity contribution in [3.05, 3.63) is 109 Å². The standard InChI is InChI=1S/C26H19FN6/c27-20-8-6-19(7-9-20)23-14-15-25(33-32-23)30-21-10-12-22(13-11-21)31-26-16-24(28-17-29-26)18-4-2-1-3-5-18/h1-17H,(H,30,33)(H,28,29,31). The molecule has 3 aromatic carbocycles. The molecule has 6 nitrogen and oxygen atoms in total. The van der Waals surface area contributed by atoms with Gasteiger partial charge in [-0.2, -0.15) is 0 Å². The highest BCUT2D eigenvalue weighted by molar-refractivity contribution is 5.67. The highest BCUT2D eigenvalue weighted by Crippen LogP contribution is 2.23. The van der Waals surface area contributed by atoms with E-state index in [9.17, 15) is 4.39 Å². The van der Waals surface area contributed by atoms with Crippen LogP contribution in [0.4, 0.5) is 27.4 Å². The fourth-order valence-corrected chi connectivity index (χ4v) is 3.30. The van der Waals surface area contributed by atoms with Crippen molar-refractivity contribution in [3.8, 4) is 22.5 Å². The summed E-state index contributed by atoms with van der Waals surface area (Å²) in [5.74, 6) is 1.05. The van der Waals surface area contributed by atoms with Crippen molar-refractivity contribution in [2.75, 3.05) is 10.6 Å². The number of benzene rings is 3. The number of hydrogen-bond acceptors (Lipinski definition) is 6. The zero-order valence-corrected chi connectivity index (χ0v) is 17.5. The minimum atomic E-state index is -0.278. The molecule has 2 aromatic heterocycles. The van der Waals surface area contributed by atoms with E-state index in [2.05, 4.69) is 30.8 Å². The number of anilines is 4. The predicted molar refractivity (Wildman–Crippen MR) is 128 cm³/mol. The molecule has 0 fully saturated rings. The molecule has 0 aliphatic carbocycles. The summed E-state index contributed by atoms with van der Waals surface area (Å²) >= 11 is 0. The highest BCUT2D eigenvalue weighted by atomic mass is 19.1. The van der Waals surface area contributed by atoms with Crippen LogP contribution in [0.25, 0.3) is 22.5 Å². The molecule has 2 heterocycles. The summed E-state index contributed by atoms with van der Waals surface area (Å²) in [6, 6.07) is 29.5. The first-order valence-electron chi connectivity index (χ1n) is 10.3. The Morgan fingerprint density at radius 2 is 1.21 bits per heavy atom. The van der Waals surface area contributed by atoms with Crippen molar-refractivity contribution in [2.24, 2.45) is 0 Å².